The third-order valence-electron chi connectivity index (χ3n) is 5.15. The van der Waals surface area contributed by atoms with Gasteiger partial charge in [-0.1, -0.05) is 18.2 Å². The van der Waals surface area contributed by atoms with Gasteiger partial charge in [0.1, 0.15) is 17.2 Å². The van der Waals surface area contributed by atoms with Crippen LogP contribution in [0.1, 0.15) is 24.0 Å². The summed E-state index contributed by atoms with van der Waals surface area (Å²) in [7, 11) is 1.49. The van der Waals surface area contributed by atoms with Gasteiger partial charge in [0.05, 0.1) is 19.2 Å². The molecule has 0 saturated heterocycles. The Morgan fingerprint density at radius 3 is 2.20 bits per heavy atom. The van der Waals surface area contributed by atoms with Crippen LogP contribution in [0.15, 0.2) is 66.7 Å². The topological polar surface area (TPSA) is 103 Å². The van der Waals surface area contributed by atoms with Crippen LogP contribution in [0.3, 0.4) is 0 Å². The predicted octanol–water partition coefficient (Wildman–Crippen LogP) is 5.00. The van der Waals surface area contributed by atoms with Gasteiger partial charge in [0.25, 0.3) is 5.91 Å². The number of esters is 1. The molecule has 0 aromatic heterocycles. The van der Waals surface area contributed by atoms with Crippen LogP contribution >= 0.6 is 0 Å². The molecule has 8 heteroatoms. The lowest BCUT2D eigenvalue weighted by atomic mass is 10.1. The van der Waals surface area contributed by atoms with Gasteiger partial charge in [-0.25, -0.2) is 0 Å². The van der Waals surface area contributed by atoms with Crippen molar-refractivity contribution in [3.63, 3.8) is 0 Å². The smallest absolute Gasteiger partial charge is 0.306 e. The van der Waals surface area contributed by atoms with E-state index in [1.54, 1.807) is 48.5 Å². The molecule has 2 N–H and O–H groups in total. The molecule has 3 aromatic carbocycles. The third-order valence-corrected chi connectivity index (χ3v) is 5.15. The van der Waals surface area contributed by atoms with Crippen LogP contribution in [0.2, 0.25) is 0 Å². The number of anilines is 2. The monoisotopic (exact) mass is 476 g/mol. The average Bonchev–Trinajstić information content (AvgIpc) is 2.85. The van der Waals surface area contributed by atoms with Gasteiger partial charge < -0.3 is 24.8 Å². The van der Waals surface area contributed by atoms with Crippen molar-refractivity contribution in [2.24, 2.45) is 0 Å². The number of rotatable bonds is 10. The molecule has 0 atom stereocenters. The van der Waals surface area contributed by atoms with Gasteiger partial charge in [0.2, 0.25) is 5.91 Å². The molecule has 35 heavy (non-hydrogen) atoms. The van der Waals surface area contributed by atoms with E-state index in [9.17, 15) is 14.4 Å². The van der Waals surface area contributed by atoms with E-state index in [4.69, 9.17) is 14.2 Å². The molecule has 0 aliphatic heterocycles. The molecule has 3 aromatic rings. The van der Waals surface area contributed by atoms with E-state index in [2.05, 4.69) is 10.6 Å². The van der Waals surface area contributed by atoms with Crippen molar-refractivity contribution >= 4 is 29.2 Å². The zero-order valence-corrected chi connectivity index (χ0v) is 19.9. The highest BCUT2D eigenvalue weighted by atomic mass is 16.5. The highest BCUT2D eigenvalue weighted by Crippen LogP contribution is 2.25. The van der Waals surface area contributed by atoms with E-state index in [-0.39, 0.29) is 18.7 Å². The molecule has 0 fully saturated rings. The first-order valence-electron chi connectivity index (χ1n) is 11.1. The predicted molar refractivity (Wildman–Crippen MR) is 133 cm³/mol. The van der Waals surface area contributed by atoms with E-state index in [1.165, 1.54) is 12.7 Å². The molecular formula is C27H28N2O6. The summed E-state index contributed by atoms with van der Waals surface area (Å²) in [5.41, 5.74) is 3.38. The molecule has 182 valence electrons. The second-order valence-electron chi connectivity index (χ2n) is 7.83. The van der Waals surface area contributed by atoms with Crippen LogP contribution in [0.5, 0.6) is 17.2 Å². The number of carbonyl (C=O) groups excluding carboxylic acids is 3. The maximum Gasteiger partial charge on any atom is 0.306 e. The highest BCUT2D eigenvalue weighted by Gasteiger charge is 2.12. The fourth-order valence-electron chi connectivity index (χ4n) is 3.11. The molecule has 0 aliphatic rings. The van der Waals surface area contributed by atoms with Crippen LogP contribution in [-0.4, -0.2) is 31.5 Å². The molecule has 3 rings (SSSR count). The Morgan fingerprint density at radius 1 is 0.771 bits per heavy atom. The number of methoxy groups -OCH3 is 1. The molecule has 0 bridgehead atoms. The average molecular weight is 477 g/mol. The van der Waals surface area contributed by atoms with Crippen molar-refractivity contribution in [3.05, 3.63) is 77.9 Å². The molecule has 0 spiro atoms. The number of hydrogen-bond acceptors (Lipinski definition) is 6. The minimum atomic E-state index is -0.646. The van der Waals surface area contributed by atoms with Crippen LogP contribution in [0, 0.1) is 13.8 Å². The van der Waals surface area contributed by atoms with E-state index in [1.807, 2.05) is 32.0 Å². The molecular weight excluding hydrogens is 448 g/mol. The number of carbonyl (C=O) groups is 3. The summed E-state index contributed by atoms with van der Waals surface area (Å²) in [5, 5.41) is 5.33. The number of para-hydroxylation sites is 2. The third kappa shape index (κ3) is 7.89. The lowest BCUT2D eigenvalue weighted by Gasteiger charge is -2.10. The Balaban J connectivity index is 1.38. The summed E-state index contributed by atoms with van der Waals surface area (Å²) >= 11 is 0. The molecule has 0 heterocycles. The van der Waals surface area contributed by atoms with Gasteiger partial charge in [-0.05, 0) is 73.5 Å². The number of aryl methyl sites for hydroxylation is 2. The molecule has 0 saturated carbocycles. The fraction of sp³-hybridized carbons (Fsp3) is 0.222. The first-order chi connectivity index (χ1) is 16.8. The molecule has 0 radical (unpaired) electrons. The Labute approximate surface area is 204 Å². The van der Waals surface area contributed by atoms with Gasteiger partial charge in [-0.15, -0.1) is 0 Å². The molecule has 8 nitrogen and oxygen atoms in total. The van der Waals surface area contributed by atoms with Crippen molar-refractivity contribution in [1.82, 2.24) is 0 Å². The van der Waals surface area contributed by atoms with E-state index < -0.39 is 18.5 Å². The summed E-state index contributed by atoms with van der Waals surface area (Å²) in [6.45, 7) is 3.60. The number of amides is 2. The maximum atomic E-state index is 12.2. The first-order valence-corrected chi connectivity index (χ1v) is 11.1. The van der Waals surface area contributed by atoms with Crippen molar-refractivity contribution in [1.29, 1.82) is 0 Å². The Bertz CT molecular complexity index is 1190. The minimum absolute atomic E-state index is 0.0755. The minimum Gasteiger partial charge on any atom is -0.495 e. The summed E-state index contributed by atoms with van der Waals surface area (Å²) in [6.07, 6.45) is -0.227. The summed E-state index contributed by atoms with van der Waals surface area (Å²) in [6, 6.07) is 19.7. The quantitative estimate of drug-likeness (QED) is 0.399. The zero-order chi connectivity index (χ0) is 25.2. The van der Waals surface area contributed by atoms with Gasteiger partial charge in [0.15, 0.2) is 6.61 Å². The first kappa shape index (κ1) is 25.3. The van der Waals surface area contributed by atoms with Crippen LogP contribution in [-0.2, 0) is 19.1 Å². The fourth-order valence-corrected chi connectivity index (χ4v) is 3.11. The van der Waals surface area contributed by atoms with E-state index in [0.717, 1.165) is 11.3 Å². The Kier molecular flexibility index (Phi) is 8.83. The normalized spacial score (nSPS) is 10.3. The molecule has 0 aliphatic carbocycles. The number of benzene rings is 3. The Hall–Kier alpha value is -4.33. The molecule has 2 amide bonds. The van der Waals surface area contributed by atoms with Gasteiger partial charge in [0, 0.05) is 12.1 Å². The van der Waals surface area contributed by atoms with Crippen molar-refractivity contribution in [2.45, 2.75) is 26.7 Å². The zero-order valence-electron chi connectivity index (χ0n) is 19.9. The van der Waals surface area contributed by atoms with Gasteiger partial charge in [-0.2, -0.15) is 0 Å². The molecule has 0 unspecified atom stereocenters. The summed E-state index contributed by atoms with van der Waals surface area (Å²) in [4.78, 5) is 36.1. The largest absolute Gasteiger partial charge is 0.495 e. The van der Waals surface area contributed by atoms with Crippen LogP contribution in [0.4, 0.5) is 11.4 Å². The van der Waals surface area contributed by atoms with Gasteiger partial charge in [-0.3, -0.25) is 14.4 Å². The second kappa shape index (κ2) is 12.2. The number of hydrogen-bond donors (Lipinski definition) is 2. The van der Waals surface area contributed by atoms with Crippen LogP contribution < -0.4 is 20.1 Å². The highest BCUT2D eigenvalue weighted by molar-refractivity contribution is 5.95. The van der Waals surface area contributed by atoms with Gasteiger partial charge >= 0.3 is 5.97 Å². The second-order valence-corrected chi connectivity index (χ2v) is 7.83. The van der Waals surface area contributed by atoms with E-state index >= 15 is 0 Å². The number of ether oxygens (including phenoxy) is 3. The lowest BCUT2D eigenvalue weighted by molar-refractivity contribution is -0.147. The van der Waals surface area contributed by atoms with Crippen molar-refractivity contribution in [2.75, 3.05) is 24.4 Å². The van der Waals surface area contributed by atoms with Crippen LogP contribution in [0.25, 0.3) is 0 Å². The Morgan fingerprint density at radius 2 is 1.49 bits per heavy atom. The van der Waals surface area contributed by atoms with Crippen molar-refractivity contribution in [3.8, 4) is 17.2 Å². The number of nitrogens with one attached hydrogen (secondary N) is 2. The standard InChI is InChI=1S/C27H28N2O6/c1-18-8-11-22(16-19(18)2)35-21-12-9-20(10-13-21)28-25(30)14-15-27(32)34-17-26(31)29-23-6-4-5-7-24(23)33-3/h4-13,16H,14-15,17H2,1-3H3,(H,28,30)(H,29,31). The summed E-state index contributed by atoms with van der Waals surface area (Å²) in [5.74, 6) is 0.376. The SMILES string of the molecule is COc1ccccc1NC(=O)COC(=O)CCC(=O)Nc1ccc(Oc2ccc(C)c(C)c2)cc1. The van der Waals surface area contributed by atoms with E-state index in [0.29, 0.717) is 22.9 Å². The lowest BCUT2D eigenvalue weighted by Crippen LogP contribution is -2.22. The maximum absolute atomic E-state index is 12.2. The van der Waals surface area contributed by atoms with Crippen molar-refractivity contribution < 1.29 is 28.6 Å². The summed E-state index contributed by atoms with van der Waals surface area (Å²) < 4.78 is 15.9.